The third kappa shape index (κ3) is 4.80. The molecule has 0 saturated heterocycles. The molecule has 2 nitrogen and oxygen atoms in total. The molecule has 0 aliphatic carbocycles. The lowest BCUT2D eigenvalue weighted by atomic mass is 10.1. The van der Waals surface area contributed by atoms with Gasteiger partial charge in [-0.3, -0.25) is 0 Å². The monoisotopic (exact) mass is 364 g/mol. The second kappa shape index (κ2) is 7.67. The Balaban J connectivity index is 2.24. The average Bonchev–Trinajstić information content (AvgIpc) is 2.47. The minimum Gasteiger partial charge on any atom is -0.435 e. The molecule has 0 aliphatic heterocycles. The highest BCUT2D eigenvalue weighted by molar-refractivity contribution is 5.33. The SMILES string of the molecule is CCCc1cc(F)c(C(F)(F)Oc2ccc(OC(F)F)cc2)c(F)c1. The van der Waals surface area contributed by atoms with Crippen LogP contribution in [-0.4, -0.2) is 6.61 Å². The van der Waals surface area contributed by atoms with E-state index in [0.29, 0.717) is 12.8 Å². The lowest BCUT2D eigenvalue weighted by molar-refractivity contribution is -0.189. The maximum atomic E-state index is 14.1. The molecule has 2 aromatic carbocycles. The van der Waals surface area contributed by atoms with Crippen molar-refractivity contribution in [2.24, 2.45) is 0 Å². The van der Waals surface area contributed by atoms with Crippen molar-refractivity contribution in [3.05, 3.63) is 59.2 Å². The third-order valence-electron chi connectivity index (χ3n) is 3.23. The minimum absolute atomic E-state index is 0.255. The van der Waals surface area contributed by atoms with Crippen LogP contribution < -0.4 is 9.47 Å². The molecular formula is C17H14F6O2. The number of hydrogen-bond donors (Lipinski definition) is 0. The molecule has 2 rings (SSSR count). The van der Waals surface area contributed by atoms with Gasteiger partial charge < -0.3 is 9.47 Å². The van der Waals surface area contributed by atoms with Gasteiger partial charge >= 0.3 is 12.7 Å². The molecule has 0 aromatic heterocycles. The Bertz CT molecular complexity index is 693. The fourth-order valence-corrected chi connectivity index (χ4v) is 2.22. The Morgan fingerprint density at radius 1 is 0.960 bits per heavy atom. The van der Waals surface area contributed by atoms with Crippen LogP contribution in [-0.2, 0) is 12.5 Å². The smallest absolute Gasteiger partial charge is 0.432 e. The molecule has 0 bridgehead atoms. The van der Waals surface area contributed by atoms with E-state index < -0.39 is 35.7 Å². The summed E-state index contributed by atoms with van der Waals surface area (Å²) in [7, 11) is 0. The van der Waals surface area contributed by atoms with Crippen LogP contribution in [0.4, 0.5) is 26.3 Å². The molecule has 0 heterocycles. The largest absolute Gasteiger partial charge is 0.435 e. The van der Waals surface area contributed by atoms with Gasteiger partial charge in [0.2, 0.25) is 0 Å². The summed E-state index contributed by atoms with van der Waals surface area (Å²) in [6, 6.07) is 5.44. The van der Waals surface area contributed by atoms with Gasteiger partial charge in [0, 0.05) is 0 Å². The molecule has 0 saturated carbocycles. The van der Waals surface area contributed by atoms with E-state index >= 15 is 0 Å². The first-order valence-electron chi connectivity index (χ1n) is 7.33. The lowest BCUT2D eigenvalue weighted by Crippen LogP contribution is -2.25. The summed E-state index contributed by atoms with van der Waals surface area (Å²) in [6.45, 7) is -1.29. The Labute approximate surface area is 140 Å². The first kappa shape index (κ1) is 19.0. The highest BCUT2D eigenvalue weighted by atomic mass is 19.3. The summed E-state index contributed by atoms with van der Waals surface area (Å²) in [4.78, 5) is 0. The van der Waals surface area contributed by atoms with E-state index in [-0.39, 0.29) is 11.3 Å². The number of ether oxygens (including phenoxy) is 2. The molecule has 2 aromatic rings. The number of benzene rings is 2. The van der Waals surface area contributed by atoms with E-state index in [4.69, 9.17) is 0 Å². The molecule has 0 atom stereocenters. The molecule has 0 fully saturated rings. The van der Waals surface area contributed by atoms with Crippen molar-refractivity contribution in [3.63, 3.8) is 0 Å². The van der Waals surface area contributed by atoms with Crippen molar-refractivity contribution in [1.29, 1.82) is 0 Å². The van der Waals surface area contributed by atoms with Crippen LogP contribution in [0.5, 0.6) is 11.5 Å². The Morgan fingerprint density at radius 2 is 1.48 bits per heavy atom. The van der Waals surface area contributed by atoms with E-state index in [1.54, 1.807) is 6.92 Å². The Morgan fingerprint density at radius 3 is 1.96 bits per heavy atom. The van der Waals surface area contributed by atoms with E-state index in [2.05, 4.69) is 9.47 Å². The normalized spacial score (nSPS) is 11.7. The van der Waals surface area contributed by atoms with Gasteiger partial charge in [-0.05, 0) is 48.4 Å². The van der Waals surface area contributed by atoms with Crippen molar-refractivity contribution in [1.82, 2.24) is 0 Å². The molecule has 0 amide bonds. The van der Waals surface area contributed by atoms with Gasteiger partial charge in [-0.2, -0.15) is 17.6 Å². The number of halogens is 6. The van der Waals surface area contributed by atoms with Crippen molar-refractivity contribution in [3.8, 4) is 11.5 Å². The molecule has 0 aliphatic rings. The first-order valence-corrected chi connectivity index (χ1v) is 7.33. The van der Waals surface area contributed by atoms with Gasteiger partial charge in [-0.1, -0.05) is 13.3 Å². The molecule has 0 radical (unpaired) electrons. The summed E-state index contributed by atoms with van der Waals surface area (Å²) in [5, 5.41) is 0. The first-order chi connectivity index (χ1) is 11.7. The predicted molar refractivity (Wildman–Crippen MR) is 77.9 cm³/mol. The van der Waals surface area contributed by atoms with Crippen molar-refractivity contribution in [2.75, 3.05) is 0 Å². The van der Waals surface area contributed by atoms with Gasteiger partial charge in [-0.15, -0.1) is 0 Å². The predicted octanol–water partition coefficient (Wildman–Crippen LogP) is 5.65. The second-order valence-electron chi connectivity index (χ2n) is 5.15. The summed E-state index contributed by atoms with van der Waals surface area (Å²) >= 11 is 0. The zero-order valence-electron chi connectivity index (χ0n) is 13.0. The van der Waals surface area contributed by atoms with Gasteiger partial charge in [0.05, 0.1) is 0 Å². The zero-order chi connectivity index (χ0) is 18.6. The molecule has 0 unspecified atom stereocenters. The van der Waals surface area contributed by atoms with Crippen molar-refractivity contribution >= 4 is 0 Å². The number of aryl methyl sites for hydroxylation is 1. The highest BCUT2D eigenvalue weighted by Crippen LogP contribution is 2.36. The van der Waals surface area contributed by atoms with Gasteiger partial charge in [0.1, 0.15) is 28.7 Å². The lowest BCUT2D eigenvalue weighted by Gasteiger charge is -2.20. The third-order valence-corrected chi connectivity index (χ3v) is 3.23. The maximum Gasteiger partial charge on any atom is 0.432 e. The molecule has 0 spiro atoms. The fraction of sp³-hybridized carbons (Fsp3) is 0.294. The van der Waals surface area contributed by atoms with Crippen LogP contribution in [0.3, 0.4) is 0 Å². The number of rotatable bonds is 7. The quantitative estimate of drug-likeness (QED) is 0.592. The van der Waals surface area contributed by atoms with Crippen LogP contribution in [0.25, 0.3) is 0 Å². The number of alkyl halides is 4. The van der Waals surface area contributed by atoms with Crippen LogP contribution in [0.15, 0.2) is 36.4 Å². The van der Waals surface area contributed by atoms with Gasteiger partial charge in [0.15, 0.2) is 0 Å². The van der Waals surface area contributed by atoms with E-state index in [1.165, 1.54) is 0 Å². The summed E-state index contributed by atoms with van der Waals surface area (Å²) < 4.78 is 88.6. The van der Waals surface area contributed by atoms with E-state index in [9.17, 15) is 26.3 Å². The topological polar surface area (TPSA) is 18.5 Å². The van der Waals surface area contributed by atoms with Crippen molar-refractivity contribution < 1.29 is 35.8 Å². The Hall–Kier alpha value is -2.38. The summed E-state index contributed by atoms with van der Waals surface area (Å²) in [6.07, 6.45) is -3.35. The van der Waals surface area contributed by atoms with E-state index in [1.807, 2.05) is 0 Å². The Kier molecular flexibility index (Phi) is 5.81. The van der Waals surface area contributed by atoms with Crippen LogP contribution >= 0.6 is 0 Å². The van der Waals surface area contributed by atoms with Gasteiger partial charge in [0.25, 0.3) is 0 Å². The maximum absolute atomic E-state index is 14.1. The molecule has 0 N–H and O–H groups in total. The summed E-state index contributed by atoms with van der Waals surface area (Å²) in [5.41, 5.74) is -1.26. The van der Waals surface area contributed by atoms with Crippen molar-refractivity contribution in [2.45, 2.75) is 32.5 Å². The van der Waals surface area contributed by atoms with E-state index in [0.717, 1.165) is 36.4 Å². The molecular weight excluding hydrogens is 350 g/mol. The zero-order valence-corrected chi connectivity index (χ0v) is 13.0. The average molecular weight is 364 g/mol. The van der Waals surface area contributed by atoms with Gasteiger partial charge in [-0.25, -0.2) is 8.78 Å². The number of hydrogen-bond acceptors (Lipinski definition) is 2. The highest BCUT2D eigenvalue weighted by Gasteiger charge is 2.41. The second-order valence-corrected chi connectivity index (χ2v) is 5.15. The fourth-order valence-electron chi connectivity index (χ4n) is 2.22. The molecule has 25 heavy (non-hydrogen) atoms. The van der Waals surface area contributed by atoms with Crippen LogP contribution in [0.1, 0.15) is 24.5 Å². The molecule has 136 valence electrons. The standard InChI is InChI=1S/C17H14F6O2/c1-2-3-10-8-13(18)15(14(19)9-10)17(22,23)25-12-6-4-11(5-7-12)24-16(20)21/h4-9,16H,2-3H2,1H3. The van der Waals surface area contributed by atoms with Crippen LogP contribution in [0, 0.1) is 11.6 Å². The van der Waals surface area contributed by atoms with Crippen LogP contribution in [0.2, 0.25) is 0 Å². The minimum atomic E-state index is -4.29. The molecule has 8 heteroatoms. The summed E-state index contributed by atoms with van der Waals surface area (Å²) in [5.74, 6) is -3.59.